The molecule has 5 heteroatoms. The van der Waals surface area contributed by atoms with Gasteiger partial charge in [0.25, 0.3) is 0 Å². The molecule has 1 N–H and O–H groups in total. The lowest BCUT2D eigenvalue weighted by molar-refractivity contribution is 0.242. The van der Waals surface area contributed by atoms with Gasteiger partial charge in [-0.25, -0.2) is 13.1 Å². The average Bonchev–Trinajstić information content (AvgIpc) is 2.13. The van der Waals surface area contributed by atoms with Crippen molar-refractivity contribution in [2.24, 2.45) is 0 Å². The molecule has 102 valence electrons. The topological polar surface area (TPSA) is 55.4 Å². The van der Waals surface area contributed by atoms with Gasteiger partial charge in [-0.2, -0.15) is 0 Å². The summed E-state index contributed by atoms with van der Waals surface area (Å²) in [5.41, 5.74) is -0.494. The van der Waals surface area contributed by atoms with Crippen LogP contribution in [0.1, 0.15) is 34.6 Å². The molecule has 0 fully saturated rings. The molecule has 0 heterocycles. The Bertz CT molecular complexity index is 484. The Labute approximate surface area is 109 Å². The van der Waals surface area contributed by atoms with Crippen molar-refractivity contribution >= 4 is 10.0 Å². The zero-order valence-electron chi connectivity index (χ0n) is 11.5. The molecule has 4 nitrogen and oxygen atoms in total. The van der Waals surface area contributed by atoms with E-state index in [1.807, 2.05) is 13.8 Å². The van der Waals surface area contributed by atoms with Crippen molar-refractivity contribution in [2.45, 2.75) is 51.2 Å². The van der Waals surface area contributed by atoms with E-state index < -0.39 is 15.6 Å². The lowest BCUT2D eigenvalue weighted by Crippen LogP contribution is -2.40. The second-order valence-electron chi connectivity index (χ2n) is 5.49. The van der Waals surface area contributed by atoms with Gasteiger partial charge in [-0.05, 0) is 58.9 Å². The molecule has 1 rings (SSSR count). The first-order valence-corrected chi connectivity index (χ1v) is 7.39. The number of rotatable bonds is 4. The summed E-state index contributed by atoms with van der Waals surface area (Å²) in [7, 11) is -3.47. The van der Waals surface area contributed by atoms with E-state index in [1.54, 1.807) is 45.0 Å². The Balaban J connectivity index is 2.91. The molecule has 1 aromatic rings. The molecule has 0 unspecified atom stereocenters. The molecule has 0 amide bonds. The standard InChI is InChI=1S/C13H21NO3S/c1-10(2)17-11-6-8-12(9-7-11)18(15,16)14-13(3,4)5/h6-10,14H,1-5H3. The third-order valence-corrected chi connectivity index (χ3v) is 3.72. The summed E-state index contributed by atoms with van der Waals surface area (Å²) in [6.45, 7) is 9.26. The molecule has 0 aromatic heterocycles. The van der Waals surface area contributed by atoms with Crippen molar-refractivity contribution in [1.29, 1.82) is 0 Å². The molecule has 0 spiro atoms. The quantitative estimate of drug-likeness (QED) is 0.915. The highest BCUT2D eigenvalue weighted by molar-refractivity contribution is 7.89. The Morgan fingerprint density at radius 3 is 2.00 bits per heavy atom. The summed E-state index contributed by atoms with van der Waals surface area (Å²) in [4.78, 5) is 0.244. The molecule has 0 saturated heterocycles. The third kappa shape index (κ3) is 4.66. The van der Waals surface area contributed by atoms with Crippen molar-refractivity contribution in [3.63, 3.8) is 0 Å². The van der Waals surface area contributed by atoms with E-state index in [9.17, 15) is 8.42 Å². The lowest BCUT2D eigenvalue weighted by Gasteiger charge is -2.20. The summed E-state index contributed by atoms with van der Waals surface area (Å²) in [6.07, 6.45) is 0.0696. The van der Waals surface area contributed by atoms with E-state index in [2.05, 4.69) is 4.72 Å². The molecule has 0 aliphatic carbocycles. The number of hydrogen-bond acceptors (Lipinski definition) is 3. The van der Waals surface area contributed by atoms with Crippen LogP contribution in [0.3, 0.4) is 0 Å². The van der Waals surface area contributed by atoms with E-state index >= 15 is 0 Å². The van der Waals surface area contributed by atoms with Crippen LogP contribution in [0.2, 0.25) is 0 Å². The minimum absolute atomic E-state index is 0.0696. The van der Waals surface area contributed by atoms with Crippen LogP contribution >= 0.6 is 0 Å². The number of nitrogens with one attached hydrogen (secondary N) is 1. The summed E-state index contributed by atoms with van der Waals surface area (Å²) in [5, 5.41) is 0. The first kappa shape index (κ1) is 15.0. The number of ether oxygens (including phenoxy) is 1. The molecule has 0 aliphatic rings. The Morgan fingerprint density at radius 2 is 1.61 bits per heavy atom. The fourth-order valence-electron chi connectivity index (χ4n) is 1.43. The van der Waals surface area contributed by atoms with Gasteiger partial charge in [0.1, 0.15) is 5.75 Å². The monoisotopic (exact) mass is 271 g/mol. The molecule has 1 aromatic carbocycles. The van der Waals surface area contributed by atoms with E-state index in [0.717, 1.165) is 0 Å². The van der Waals surface area contributed by atoms with Crippen LogP contribution < -0.4 is 9.46 Å². The van der Waals surface area contributed by atoms with Crippen LogP contribution in [0.15, 0.2) is 29.2 Å². The molecular weight excluding hydrogens is 250 g/mol. The Hall–Kier alpha value is -1.07. The van der Waals surface area contributed by atoms with Gasteiger partial charge in [0.2, 0.25) is 10.0 Å². The predicted octanol–water partition coefficient (Wildman–Crippen LogP) is 2.55. The zero-order chi connectivity index (χ0) is 14.0. The molecule has 0 radical (unpaired) electrons. The highest BCUT2D eigenvalue weighted by Crippen LogP contribution is 2.18. The van der Waals surface area contributed by atoms with Gasteiger partial charge < -0.3 is 4.74 Å². The molecule has 0 aliphatic heterocycles. The SMILES string of the molecule is CC(C)Oc1ccc(S(=O)(=O)NC(C)(C)C)cc1. The van der Waals surface area contributed by atoms with E-state index in [4.69, 9.17) is 4.74 Å². The van der Waals surface area contributed by atoms with Crippen molar-refractivity contribution in [2.75, 3.05) is 0 Å². The van der Waals surface area contributed by atoms with Crippen molar-refractivity contribution in [3.05, 3.63) is 24.3 Å². The van der Waals surface area contributed by atoms with Gasteiger partial charge in [0.15, 0.2) is 0 Å². The van der Waals surface area contributed by atoms with E-state index in [0.29, 0.717) is 5.75 Å². The maximum absolute atomic E-state index is 12.0. The van der Waals surface area contributed by atoms with Gasteiger partial charge >= 0.3 is 0 Å². The normalized spacial score (nSPS) is 12.8. The molecule has 0 bridgehead atoms. The fraction of sp³-hybridized carbons (Fsp3) is 0.538. The zero-order valence-corrected chi connectivity index (χ0v) is 12.3. The molecule has 18 heavy (non-hydrogen) atoms. The van der Waals surface area contributed by atoms with Crippen molar-refractivity contribution in [3.8, 4) is 5.75 Å². The first-order valence-electron chi connectivity index (χ1n) is 5.91. The van der Waals surface area contributed by atoms with Gasteiger partial charge in [0, 0.05) is 5.54 Å². The summed E-state index contributed by atoms with van der Waals surface area (Å²) >= 11 is 0. The summed E-state index contributed by atoms with van der Waals surface area (Å²) in [5.74, 6) is 0.666. The van der Waals surface area contributed by atoms with Crippen molar-refractivity contribution < 1.29 is 13.2 Å². The van der Waals surface area contributed by atoms with Crippen LogP contribution in [0.25, 0.3) is 0 Å². The minimum Gasteiger partial charge on any atom is -0.491 e. The highest BCUT2D eigenvalue weighted by atomic mass is 32.2. The van der Waals surface area contributed by atoms with Crippen LogP contribution in [-0.4, -0.2) is 20.1 Å². The third-order valence-electron chi connectivity index (χ3n) is 1.95. The Morgan fingerprint density at radius 1 is 1.11 bits per heavy atom. The highest BCUT2D eigenvalue weighted by Gasteiger charge is 2.21. The largest absolute Gasteiger partial charge is 0.491 e. The van der Waals surface area contributed by atoms with Gasteiger partial charge in [-0.3, -0.25) is 0 Å². The number of hydrogen-bond donors (Lipinski definition) is 1. The summed E-state index contributed by atoms with van der Waals surface area (Å²) in [6, 6.07) is 6.42. The first-order chi connectivity index (χ1) is 8.10. The molecule has 0 saturated carbocycles. The van der Waals surface area contributed by atoms with Crippen LogP contribution in [0, 0.1) is 0 Å². The number of sulfonamides is 1. The maximum atomic E-state index is 12.0. The van der Waals surface area contributed by atoms with Gasteiger partial charge in [-0.1, -0.05) is 0 Å². The van der Waals surface area contributed by atoms with Crippen LogP contribution in [-0.2, 0) is 10.0 Å². The second-order valence-corrected chi connectivity index (χ2v) is 7.18. The Kier molecular flexibility index (Phi) is 4.40. The smallest absolute Gasteiger partial charge is 0.241 e. The van der Waals surface area contributed by atoms with E-state index in [1.165, 1.54) is 0 Å². The molecule has 0 atom stereocenters. The average molecular weight is 271 g/mol. The van der Waals surface area contributed by atoms with Gasteiger partial charge in [-0.15, -0.1) is 0 Å². The van der Waals surface area contributed by atoms with Crippen LogP contribution in [0.5, 0.6) is 5.75 Å². The predicted molar refractivity (Wildman–Crippen MR) is 72.3 cm³/mol. The maximum Gasteiger partial charge on any atom is 0.241 e. The van der Waals surface area contributed by atoms with E-state index in [-0.39, 0.29) is 11.0 Å². The van der Waals surface area contributed by atoms with Gasteiger partial charge in [0.05, 0.1) is 11.0 Å². The number of benzene rings is 1. The second kappa shape index (κ2) is 5.28. The van der Waals surface area contributed by atoms with Crippen molar-refractivity contribution in [1.82, 2.24) is 4.72 Å². The summed E-state index contributed by atoms with van der Waals surface area (Å²) < 4.78 is 32.1. The van der Waals surface area contributed by atoms with Crippen LogP contribution in [0.4, 0.5) is 0 Å². The lowest BCUT2D eigenvalue weighted by atomic mass is 10.1. The fourth-order valence-corrected chi connectivity index (χ4v) is 2.85. The molecular formula is C13H21NO3S. The minimum atomic E-state index is -3.47.